The predicted octanol–water partition coefficient (Wildman–Crippen LogP) is 20.4. The zero-order chi connectivity index (χ0) is 55.0. The van der Waals surface area contributed by atoms with Crippen LogP contribution in [0.3, 0.4) is 0 Å². The molecule has 0 spiro atoms. The summed E-state index contributed by atoms with van der Waals surface area (Å²) in [5.74, 6) is 1.55. The number of benzene rings is 12. The molecule has 0 amide bonds. The third-order valence-electron chi connectivity index (χ3n) is 17.4. The summed E-state index contributed by atoms with van der Waals surface area (Å²) in [7, 11) is 0. The van der Waals surface area contributed by atoms with Gasteiger partial charge in [0, 0.05) is 65.6 Å². The zero-order valence-corrected chi connectivity index (χ0v) is 45.4. The molecular weight excluding hydrogens is 1020 g/mol. The summed E-state index contributed by atoms with van der Waals surface area (Å²) in [4.78, 5) is 11.5. The van der Waals surface area contributed by atoms with Gasteiger partial charge in [-0.05, 0) is 91.0 Å². The van der Waals surface area contributed by atoms with Crippen molar-refractivity contribution in [2.75, 3.05) is 9.80 Å². The molecule has 6 heterocycles. The van der Waals surface area contributed by atoms with Gasteiger partial charge in [0.2, 0.25) is 0 Å². The molecule has 1 aliphatic heterocycles. The highest BCUT2D eigenvalue weighted by Crippen LogP contribution is 2.58. The van der Waals surface area contributed by atoms with Gasteiger partial charge < -0.3 is 18.6 Å². The minimum absolute atomic E-state index is 0.768. The largest absolute Gasteiger partial charge is 0.309 e. The first-order valence-electron chi connectivity index (χ1n) is 28.7. The second-order valence-corrected chi connectivity index (χ2v) is 21.8. The van der Waals surface area contributed by atoms with E-state index in [-0.39, 0.29) is 0 Å². The molecule has 392 valence electrons. The number of anilines is 6. The lowest BCUT2D eigenvalue weighted by Crippen LogP contribution is -2.26. The second kappa shape index (κ2) is 18.0. The Labute approximate surface area is 483 Å². The molecule has 5 aromatic heterocycles. The van der Waals surface area contributed by atoms with Crippen LogP contribution in [-0.4, -0.2) is 23.3 Å². The molecule has 17 aromatic rings. The van der Waals surface area contributed by atoms with E-state index in [2.05, 4.69) is 325 Å². The van der Waals surface area contributed by atoms with E-state index in [1.807, 2.05) is 0 Å². The van der Waals surface area contributed by atoms with Gasteiger partial charge >= 0.3 is 0 Å². The number of pyridine rings is 1. The summed E-state index contributed by atoms with van der Waals surface area (Å²) in [6.45, 7) is 0. The molecule has 0 unspecified atom stereocenters. The summed E-state index contributed by atoms with van der Waals surface area (Å²) >= 11 is 0. The lowest BCUT2D eigenvalue weighted by Gasteiger charge is -2.41. The van der Waals surface area contributed by atoms with Crippen LogP contribution in [0.4, 0.5) is 34.3 Å². The maximum absolute atomic E-state index is 6.59. The van der Waals surface area contributed by atoms with Crippen LogP contribution in [-0.2, 0) is 0 Å². The highest BCUT2D eigenvalue weighted by molar-refractivity contribution is 6.20. The van der Waals surface area contributed by atoms with Gasteiger partial charge in [0.25, 0.3) is 0 Å². The predicted molar refractivity (Wildman–Crippen MR) is 350 cm³/mol. The maximum atomic E-state index is 6.59. The van der Waals surface area contributed by atoms with Crippen molar-refractivity contribution in [3.8, 4) is 34.0 Å². The molecule has 0 N–H and O–H groups in total. The van der Waals surface area contributed by atoms with Crippen molar-refractivity contribution in [2.45, 2.75) is 0 Å². The molecule has 0 saturated carbocycles. The van der Waals surface area contributed by atoms with Crippen molar-refractivity contribution in [1.82, 2.24) is 23.3 Å². The van der Waals surface area contributed by atoms with Crippen LogP contribution in [0.25, 0.3) is 121 Å². The first-order chi connectivity index (χ1) is 41.8. The Morgan fingerprint density at radius 1 is 0.214 bits per heavy atom. The van der Waals surface area contributed by atoms with Crippen LogP contribution in [0.5, 0.6) is 0 Å². The number of hydrogen-bond donors (Lipinski definition) is 0. The van der Waals surface area contributed by atoms with E-state index in [1.165, 1.54) is 5.39 Å². The van der Waals surface area contributed by atoms with Crippen LogP contribution < -0.4 is 9.80 Å². The second-order valence-electron chi connectivity index (χ2n) is 21.8. The highest BCUT2D eigenvalue weighted by atomic mass is 15.3. The Morgan fingerprint density at radius 2 is 0.524 bits per heavy atom. The lowest BCUT2D eigenvalue weighted by atomic mass is 9.96. The molecule has 0 atom stereocenters. The summed E-state index contributed by atoms with van der Waals surface area (Å²) in [5.41, 5.74) is 18.8. The summed E-state index contributed by atoms with van der Waals surface area (Å²) in [6.07, 6.45) is 0. The maximum Gasteiger partial charge on any atom is 0.165 e. The third kappa shape index (κ3) is 6.49. The molecule has 7 nitrogen and oxygen atoms in total. The molecule has 18 rings (SSSR count). The van der Waals surface area contributed by atoms with E-state index in [4.69, 9.17) is 4.98 Å². The Morgan fingerprint density at radius 3 is 0.952 bits per heavy atom. The number of fused-ring (bicyclic) bond motifs is 14. The number of aromatic nitrogens is 5. The van der Waals surface area contributed by atoms with Crippen LogP contribution >= 0.6 is 0 Å². The van der Waals surface area contributed by atoms with Crippen molar-refractivity contribution in [3.05, 3.63) is 297 Å². The molecule has 0 saturated heterocycles. The summed E-state index contributed by atoms with van der Waals surface area (Å²) in [6, 6.07) is 109. The number of nitrogens with zero attached hydrogens (tertiary/aromatic N) is 7. The normalized spacial score (nSPS) is 12.5. The molecule has 1 aliphatic rings. The zero-order valence-electron chi connectivity index (χ0n) is 45.4. The number of hydrogen-bond acceptors (Lipinski definition) is 3. The molecule has 84 heavy (non-hydrogen) atoms. The minimum atomic E-state index is 0.768. The van der Waals surface area contributed by atoms with Gasteiger partial charge in [0.15, 0.2) is 11.6 Å². The third-order valence-corrected chi connectivity index (χ3v) is 17.4. The van der Waals surface area contributed by atoms with Crippen molar-refractivity contribution >= 4 is 121 Å². The molecule has 12 aromatic carbocycles. The van der Waals surface area contributed by atoms with Crippen molar-refractivity contribution in [2.24, 2.45) is 0 Å². The Balaban J connectivity index is 1.16. The fourth-order valence-electron chi connectivity index (χ4n) is 14.1. The van der Waals surface area contributed by atoms with E-state index >= 15 is 0 Å². The lowest BCUT2D eigenvalue weighted by molar-refractivity contribution is 0.992. The van der Waals surface area contributed by atoms with E-state index in [1.54, 1.807) is 0 Å². The van der Waals surface area contributed by atoms with Gasteiger partial charge in [-0.3, -0.25) is 9.47 Å². The van der Waals surface area contributed by atoms with Crippen LogP contribution in [0.1, 0.15) is 0 Å². The SMILES string of the molecule is c1ccc(N2c3ccccc3N(c3nc(-n4c5ccccc5c5ccccc54)c(-n4c5ccccc5c5ccccc54)c(-c4cccc5c6ccccc6n(-c6ccccc6)c45)c3-n3c4ccccc4c4ccccc43)c3ccccc32)cc1. The van der Waals surface area contributed by atoms with Gasteiger partial charge in [-0.2, -0.15) is 0 Å². The molecule has 0 bridgehead atoms. The summed E-state index contributed by atoms with van der Waals surface area (Å²) < 4.78 is 10.0. The van der Waals surface area contributed by atoms with E-state index in [0.717, 1.165) is 150 Å². The van der Waals surface area contributed by atoms with Gasteiger partial charge in [-0.15, -0.1) is 0 Å². The van der Waals surface area contributed by atoms with E-state index < -0.39 is 0 Å². The van der Waals surface area contributed by atoms with Gasteiger partial charge in [0.05, 0.1) is 66.9 Å². The Bertz CT molecular complexity index is 5320. The molecule has 0 radical (unpaired) electrons. The molecule has 7 heteroatoms. The fourth-order valence-corrected chi connectivity index (χ4v) is 14.1. The smallest absolute Gasteiger partial charge is 0.165 e. The van der Waals surface area contributed by atoms with Crippen molar-refractivity contribution in [1.29, 1.82) is 0 Å². The van der Waals surface area contributed by atoms with Gasteiger partial charge in [-0.25, -0.2) is 4.98 Å². The first-order valence-corrected chi connectivity index (χ1v) is 28.7. The van der Waals surface area contributed by atoms with Crippen LogP contribution in [0.15, 0.2) is 297 Å². The van der Waals surface area contributed by atoms with Crippen molar-refractivity contribution in [3.63, 3.8) is 0 Å². The first kappa shape index (κ1) is 46.4. The van der Waals surface area contributed by atoms with Crippen LogP contribution in [0.2, 0.25) is 0 Å². The number of para-hydroxylation sites is 14. The van der Waals surface area contributed by atoms with E-state index in [9.17, 15) is 0 Å². The average Bonchev–Trinajstić information content (AvgIpc) is 2.61. The summed E-state index contributed by atoms with van der Waals surface area (Å²) in [5, 5.41) is 9.25. The Hall–Kier alpha value is -11.4. The quantitative estimate of drug-likeness (QED) is 0.160. The van der Waals surface area contributed by atoms with Crippen LogP contribution in [0, 0.1) is 0 Å². The van der Waals surface area contributed by atoms with E-state index in [0.29, 0.717) is 0 Å². The molecular formula is C77H49N7. The minimum Gasteiger partial charge on any atom is -0.309 e. The molecule has 0 aliphatic carbocycles. The standard InChI is InChI=1S/C77H49N7/c1-3-26-50(27-4-1)79-68-46-21-23-48-70(68)84(71-49-24-22-47-69(71)79)77-75(82-64-42-17-9-32-54(64)55-33-10-18-43-65(55)82)72(60-38-25-37-59-58-36-13-14-39-61(58)80(73(59)60)51-28-5-2-6-29-51)74(81-62-40-15-7-30-52(62)53-31-8-16-41-63(53)81)76(78-77)83-66-44-19-11-34-56(66)57-35-12-20-45-67(57)83/h1-49H. The number of rotatable bonds is 7. The monoisotopic (exact) mass is 1070 g/mol. The molecule has 0 fully saturated rings. The van der Waals surface area contributed by atoms with Gasteiger partial charge in [-0.1, -0.05) is 206 Å². The Kier molecular flexibility index (Phi) is 9.96. The van der Waals surface area contributed by atoms with Gasteiger partial charge in [0.1, 0.15) is 11.4 Å². The van der Waals surface area contributed by atoms with Crippen molar-refractivity contribution < 1.29 is 0 Å². The fraction of sp³-hybridized carbons (Fsp3) is 0. The topological polar surface area (TPSA) is 39.1 Å². The highest BCUT2D eigenvalue weighted by Gasteiger charge is 2.38. The average molecular weight is 1070 g/mol.